The highest BCUT2D eigenvalue weighted by Crippen LogP contribution is 2.42. The van der Waals surface area contributed by atoms with Crippen LogP contribution in [0.1, 0.15) is 38.8 Å². The van der Waals surface area contributed by atoms with Gasteiger partial charge in [0.25, 0.3) is 0 Å². The van der Waals surface area contributed by atoms with Crippen LogP contribution in [0.4, 0.5) is 0 Å². The molecule has 3 unspecified atom stereocenters. The molecule has 3 heteroatoms. The van der Waals surface area contributed by atoms with Gasteiger partial charge in [-0.2, -0.15) is 0 Å². The van der Waals surface area contributed by atoms with Crippen molar-refractivity contribution in [1.29, 1.82) is 0 Å². The van der Waals surface area contributed by atoms with Crippen LogP contribution >= 0.6 is 0 Å². The third kappa shape index (κ3) is 2.37. The van der Waals surface area contributed by atoms with E-state index in [2.05, 4.69) is 44.3 Å². The van der Waals surface area contributed by atoms with Gasteiger partial charge in [-0.15, -0.1) is 0 Å². The lowest BCUT2D eigenvalue weighted by Crippen LogP contribution is -2.41. The minimum Gasteiger partial charge on any atom is -0.486 e. The van der Waals surface area contributed by atoms with Gasteiger partial charge in [0.1, 0.15) is 11.4 Å². The Bertz CT molecular complexity index is 458. The second-order valence-corrected chi connectivity index (χ2v) is 6.21. The summed E-state index contributed by atoms with van der Waals surface area (Å²) in [4.78, 5) is 0. The molecule has 0 radical (unpaired) electrons. The van der Waals surface area contributed by atoms with Gasteiger partial charge in [-0.05, 0) is 39.2 Å². The molecule has 2 aliphatic rings. The van der Waals surface area contributed by atoms with Crippen molar-refractivity contribution in [3.63, 3.8) is 0 Å². The van der Waals surface area contributed by atoms with E-state index in [-0.39, 0.29) is 11.6 Å². The highest BCUT2D eigenvalue weighted by atomic mass is 16.5. The lowest BCUT2D eigenvalue weighted by atomic mass is 9.93. The van der Waals surface area contributed by atoms with Crippen LogP contribution < -0.4 is 10.1 Å². The number of benzene rings is 1. The normalized spacial score (nSPS) is 32.1. The Hall–Kier alpha value is -1.06. The average molecular weight is 261 g/mol. The molecule has 1 N–H and O–H groups in total. The standard InChI is InChI=1S/C16H23NO2/c1-11-12(8-9-18-11)10-17-15-13-6-4-5-7-14(13)19-16(15,2)3/h4-7,11-12,15,17H,8-10H2,1-3H3. The first-order valence-electron chi connectivity index (χ1n) is 7.21. The topological polar surface area (TPSA) is 30.5 Å². The van der Waals surface area contributed by atoms with Crippen LogP contribution in [0.15, 0.2) is 24.3 Å². The predicted molar refractivity (Wildman–Crippen MR) is 75.4 cm³/mol. The van der Waals surface area contributed by atoms with Crippen molar-refractivity contribution in [3.8, 4) is 5.75 Å². The largest absolute Gasteiger partial charge is 0.486 e. The van der Waals surface area contributed by atoms with Crippen LogP contribution in [0.2, 0.25) is 0 Å². The fourth-order valence-electron chi connectivity index (χ4n) is 3.20. The van der Waals surface area contributed by atoms with E-state index in [4.69, 9.17) is 9.47 Å². The van der Waals surface area contributed by atoms with Gasteiger partial charge in [-0.25, -0.2) is 0 Å². The van der Waals surface area contributed by atoms with Gasteiger partial charge in [0.15, 0.2) is 0 Å². The second kappa shape index (κ2) is 4.80. The van der Waals surface area contributed by atoms with Crippen molar-refractivity contribution in [3.05, 3.63) is 29.8 Å². The molecule has 0 aliphatic carbocycles. The third-order valence-corrected chi connectivity index (χ3v) is 4.42. The summed E-state index contributed by atoms with van der Waals surface area (Å²) >= 11 is 0. The van der Waals surface area contributed by atoms with E-state index in [9.17, 15) is 0 Å². The van der Waals surface area contributed by atoms with Gasteiger partial charge >= 0.3 is 0 Å². The Morgan fingerprint density at radius 3 is 2.84 bits per heavy atom. The van der Waals surface area contributed by atoms with E-state index < -0.39 is 0 Å². The van der Waals surface area contributed by atoms with E-state index in [0.29, 0.717) is 12.0 Å². The Morgan fingerprint density at radius 2 is 2.11 bits per heavy atom. The Kier molecular flexibility index (Phi) is 3.27. The molecule has 3 atom stereocenters. The Labute approximate surface area is 115 Å². The number of hydrogen-bond acceptors (Lipinski definition) is 3. The van der Waals surface area contributed by atoms with E-state index in [1.165, 1.54) is 5.56 Å². The first-order chi connectivity index (χ1) is 9.08. The van der Waals surface area contributed by atoms with Crippen LogP contribution in [0.3, 0.4) is 0 Å². The van der Waals surface area contributed by atoms with E-state index in [1.54, 1.807) is 0 Å². The quantitative estimate of drug-likeness (QED) is 0.907. The molecule has 0 amide bonds. The van der Waals surface area contributed by atoms with Crippen LogP contribution in [-0.2, 0) is 4.74 Å². The van der Waals surface area contributed by atoms with E-state index in [1.807, 2.05) is 6.07 Å². The number of para-hydroxylation sites is 1. The summed E-state index contributed by atoms with van der Waals surface area (Å²) < 4.78 is 11.7. The number of fused-ring (bicyclic) bond motifs is 1. The molecule has 1 aromatic rings. The molecule has 1 saturated heterocycles. The number of nitrogens with one attached hydrogen (secondary N) is 1. The predicted octanol–water partition coefficient (Wildman–Crippen LogP) is 2.91. The van der Waals surface area contributed by atoms with Crippen LogP contribution in [0.25, 0.3) is 0 Å². The molecule has 1 fully saturated rings. The summed E-state index contributed by atoms with van der Waals surface area (Å²) in [6.07, 6.45) is 1.53. The maximum atomic E-state index is 6.06. The molecule has 0 saturated carbocycles. The minimum absolute atomic E-state index is 0.188. The molecular formula is C16H23NO2. The second-order valence-electron chi connectivity index (χ2n) is 6.21. The summed E-state index contributed by atoms with van der Waals surface area (Å²) in [7, 11) is 0. The Morgan fingerprint density at radius 1 is 1.32 bits per heavy atom. The molecule has 0 bridgehead atoms. The van der Waals surface area contributed by atoms with Crippen LogP contribution in [0.5, 0.6) is 5.75 Å². The highest BCUT2D eigenvalue weighted by molar-refractivity contribution is 5.42. The first-order valence-corrected chi connectivity index (χ1v) is 7.21. The van der Waals surface area contributed by atoms with E-state index in [0.717, 1.165) is 25.3 Å². The summed E-state index contributed by atoms with van der Waals surface area (Å²) in [5.74, 6) is 1.63. The van der Waals surface area contributed by atoms with Crippen molar-refractivity contribution in [2.75, 3.05) is 13.2 Å². The van der Waals surface area contributed by atoms with Crippen molar-refractivity contribution in [2.24, 2.45) is 5.92 Å². The van der Waals surface area contributed by atoms with Gasteiger partial charge in [0.2, 0.25) is 0 Å². The molecular weight excluding hydrogens is 238 g/mol. The SMILES string of the molecule is CC1OCCC1CNC1c2ccccc2OC1(C)C. The first kappa shape index (κ1) is 12.9. The zero-order chi connectivity index (χ0) is 13.5. The molecule has 104 valence electrons. The van der Waals surface area contributed by atoms with Gasteiger partial charge in [0.05, 0.1) is 12.1 Å². The van der Waals surface area contributed by atoms with Crippen molar-refractivity contribution in [2.45, 2.75) is 44.9 Å². The Balaban J connectivity index is 1.72. The monoisotopic (exact) mass is 261 g/mol. The minimum atomic E-state index is -0.188. The maximum Gasteiger partial charge on any atom is 0.125 e. The summed E-state index contributed by atoms with van der Waals surface area (Å²) in [6, 6.07) is 8.59. The lowest BCUT2D eigenvalue weighted by Gasteiger charge is -2.28. The van der Waals surface area contributed by atoms with Crippen molar-refractivity contribution < 1.29 is 9.47 Å². The maximum absolute atomic E-state index is 6.06. The summed E-state index contributed by atoms with van der Waals surface area (Å²) in [5.41, 5.74) is 1.09. The fourth-order valence-corrected chi connectivity index (χ4v) is 3.20. The van der Waals surface area contributed by atoms with Crippen molar-refractivity contribution >= 4 is 0 Å². The summed E-state index contributed by atoms with van der Waals surface area (Å²) in [5, 5.41) is 3.70. The fraction of sp³-hybridized carbons (Fsp3) is 0.625. The molecule has 19 heavy (non-hydrogen) atoms. The molecule has 3 rings (SSSR count). The van der Waals surface area contributed by atoms with E-state index >= 15 is 0 Å². The van der Waals surface area contributed by atoms with Crippen molar-refractivity contribution in [1.82, 2.24) is 5.32 Å². The van der Waals surface area contributed by atoms with Gasteiger partial charge in [0, 0.05) is 18.7 Å². The lowest BCUT2D eigenvalue weighted by molar-refractivity contribution is 0.0840. The molecule has 3 nitrogen and oxygen atoms in total. The molecule has 0 aromatic heterocycles. The summed E-state index contributed by atoms with van der Waals surface area (Å²) in [6.45, 7) is 8.36. The smallest absolute Gasteiger partial charge is 0.125 e. The van der Waals surface area contributed by atoms with Gasteiger partial charge < -0.3 is 14.8 Å². The molecule has 0 spiro atoms. The zero-order valence-corrected chi connectivity index (χ0v) is 12.0. The number of rotatable bonds is 3. The van der Waals surface area contributed by atoms with Gasteiger partial charge in [-0.1, -0.05) is 18.2 Å². The molecule has 1 aromatic carbocycles. The zero-order valence-electron chi connectivity index (χ0n) is 12.0. The average Bonchev–Trinajstić information content (AvgIpc) is 2.87. The number of ether oxygens (including phenoxy) is 2. The van der Waals surface area contributed by atoms with Gasteiger partial charge in [-0.3, -0.25) is 0 Å². The van der Waals surface area contributed by atoms with Crippen LogP contribution in [0, 0.1) is 5.92 Å². The third-order valence-electron chi connectivity index (χ3n) is 4.42. The highest BCUT2D eigenvalue weighted by Gasteiger charge is 2.41. The number of hydrogen-bond donors (Lipinski definition) is 1. The molecule has 2 aliphatic heterocycles. The molecule has 2 heterocycles. The van der Waals surface area contributed by atoms with Crippen LogP contribution in [-0.4, -0.2) is 24.9 Å².